The molecule has 0 heterocycles. The molecule has 0 atom stereocenters. The summed E-state index contributed by atoms with van der Waals surface area (Å²) >= 11 is 0. The fourth-order valence-corrected chi connectivity index (χ4v) is 4.10. The van der Waals surface area contributed by atoms with Gasteiger partial charge in [-0.15, -0.1) is 0 Å². The van der Waals surface area contributed by atoms with Gasteiger partial charge in [-0.05, 0) is 18.6 Å². The molecular weight excluding hydrogens is 456 g/mol. The van der Waals surface area contributed by atoms with Gasteiger partial charge in [-0.25, -0.2) is 4.79 Å². The summed E-state index contributed by atoms with van der Waals surface area (Å²) in [6, 6.07) is 8.49. The van der Waals surface area contributed by atoms with Gasteiger partial charge >= 0.3 is 11.9 Å². The quantitative estimate of drug-likeness (QED) is 0.128. The summed E-state index contributed by atoms with van der Waals surface area (Å²) in [6.45, 7) is 0.906. The molecule has 0 saturated carbocycles. The molecule has 0 aliphatic rings. The molecule has 0 aliphatic carbocycles. The van der Waals surface area contributed by atoms with E-state index in [1.54, 1.807) is 30.3 Å². The van der Waals surface area contributed by atoms with Gasteiger partial charge in [0.05, 0.1) is 24.2 Å². The maximum Gasteiger partial charge on any atom is 0.338 e. The Hall–Kier alpha value is -1.92. The van der Waals surface area contributed by atoms with Crippen molar-refractivity contribution in [2.24, 2.45) is 5.41 Å². The molecule has 1 rings (SSSR count). The zero-order valence-corrected chi connectivity index (χ0v) is 22.6. The van der Waals surface area contributed by atoms with Crippen LogP contribution in [0.2, 0.25) is 0 Å². The Morgan fingerprint density at radius 2 is 1.11 bits per heavy atom. The smallest absolute Gasteiger partial charge is 0.338 e. The van der Waals surface area contributed by atoms with Crippen molar-refractivity contribution in [2.75, 3.05) is 26.4 Å². The molecular formula is C30H50O6. The molecule has 2 N–H and O–H groups in total. The SMILES string of the molecule is CCCCCCCCCCCCCCCCCC(=O)OCC(CO)(CO)COC(=O)c1ccccc1. The first-order valence-electron chi connectivity index (χ1n) is 14.2. The van der Waals surface area contributed by atoms with Crippen LogP contribution in [0.5, 0.6) is 0 Å². The van der Waals surface area contributed by atoms with E-state index in [2.05, 4.69) is 6.92 Å². The number of ether oxygens (including phenoxy) is 2. The highest BCUT2D eigenvalue weighted by Gasteiger charge is 2.33. The number of carbonyl (C=O) groups excluding carboxylic acids is 2. The minimum Gasteiger partial charge on any atom is -0.465 e. The lowest BCUT2D eigenvalue weighted by Gasteiger charge is -2.28. The van der Waals surface area contributed by atoms with Crippen molar-refractivity contribution < 1.29 is 29.3 Å². The highest BCUT2D eigenvalue weighted by Crippen LogP contribution is 2.19. The third kappa shape index (κ3) is 15.2. The molecule has 1 aromatic carbocycles. The number of hydrogen-bond donors (Lipinski definition) is 2. The minimum absolute atomic E-state index is 0.195. The molecule has 0 fully saturated rings. The Labute approximate surface area is 218 Å². The van der Waals surface area contributed by atoms with Crippen molar-refractivity contribution >= 4 is 11.9 Å². The predicted octanol–water partition coefficient (Wildman–Crippen LogP) is 6.62. The van der Waals surface area contributed by atoms with E-state index in [1.807, 2.05) is 0 Å². The number of hydrogen-bond acceptors (Lipinski definition) is 6. The van der Waals surface area contributed by atoms with Crippen LogP contribution in [0.15, 0.2) is 30.3 Å². The van der Waals surface area contributed by atoms with E-state index in [9.17, 15) is 19.8 Å². The summed E-state index contributed by atoms with van der Waals surface area (Å²) in [7, 11) is 0. The molecule has 6 nitrogen and oxygen atoms in total. The van der Waals surface area contributed by atoms with Gasteiger partial charge in [0.15, 0.2) is 0 Å². The lowest BCUT2D eigenvalue weighted by Crippen LogP contribution is -2.41. The van der Waals surface area contributed by atoms with Gasteiger partial charge < -0.3 is 19.7 Å². The highest BCUT2D eigenvalue weighted by atomic mass is 16.5. The molecule has 0 bridgehead atoms. The third-order valence-electron chi connectivity index (χ3n) is 6.71. The Morgan fingerprint density at radius 1 is 0.667 bits per heavy atom. The van der Waals surface area contributed by atoms with Crippen molar-refractivity contribution in [2.45, 2.75) is 110 Å². The number of esters is 2. The zero-order chi connectivity index (χ0) is 26.3. The van der Waals surface area contributed by atoms with Crippen LogP contribution in [0.25, 0.3) is 0 Å². The van der Waals surface area contributed by atoms with Crippen LogP contribution in [-0.2, 0) is 14.3 Å². The average Bonchev–Trinajstić information content (AvgIpc) is 2.91. The van der Waals surface area contributed by atoms with Crippen molar-refractivity contribution in [3.63, 3.8) is 0 Å². The van der Waals surface area contributed by atoms with Crippen LogP contribution >= 0.6 is 0 Å². The van der Waals surface area contributed by atoms with Gasteiger partial charge in [-0.2, -0.15) is 0 Å². The monoisotopic (exact) mass is 506 g/mol. The lowest BCUT2D eigenvalue weighted by atomic mass is 9.92. The van der Waals surface area contributed by atoms with E-state index < -0.39 is 24.6 Å². The maximum absolute atomic E-state index is 12.1. The number of carbonyl (C=O) groups is 2. The second kappa shape index (κ2) is 21.2. The molecule has 206 valence electrons. The first-order chi connectivity index (χ1) is 17.6. The topological polar surface area (TPSA) is 93.1 Å². The largest absolute Gasteiger partial charge is 0.465 e. The van der Waals surface area contributed by atoms with Crippen LogP contribution < -0.4 is 0 Å². The minimum atomic E-state index is -1.21. The first-order valence-corrected chi connectivity index (χ1v) is 14.2. The number of benzene rings is 1. The standard InChI is InChI=1S/C30H50O6/c1-2-3-4-5-6-7-8-9-10-11-12-13-14-15-19-22-28(33)35-25-30(23-31,24-32)26-36-29(34)27-20-17-16-18-21-27/h16-18,20-21,31-32H,2-15,19,22-26H2,1H3. The number of unbranched alkanes of at least 4 members (excludes halogenated alkanes) is 14. The number of aliphatic hydroxyl groups is 2. The average molecular weight is 507 g/mol. The summed E-state index contributed by atoms with van der Waals surface area (Å²) in [5.41, 5.74) is -0.831. The van der Waals surface area contributed by atoms with Gasteiger partial charge in [0.25, 0.3) is 0 Å². The fraction of sp³-hybridized carbons (Fsp3) is 0.733. The fourth-order valence-electron chi connectivity index (χ4n) is 4.10. The van der Waals surface area contributed by atoms with Gasteiger partial charge in [0.1, 0.15) is 13.2 Å². The van der Waals surface area contributed by atoms with E-state index in [-0.39, 0.29) is 19.2 Å². The number of rotatable bonds is 23. The summed E-state index contributed by atoms with van der Waals surface area (Å²) in [4.78, 5) is 24.3. The molecule has 36 heavy (non-hydrogen) atoms. The second-order valence-corrected chi connectivity index (χ2v) is 10.1. The van der Waals surface area contributed by atoms with Crippen molar-refractivity contribution in [1.82, 2.24) is 0 Å². The molecule has 6 heteroatoms. The Kier molecular flexibility index (Phi) is 18.9. The molecule has 0 aromatic heterocycles. The van der Waals surface area contributed by atoms with Crippen LogP contribution in [0.4, 0.5) is 0 Å². The summed E-state index contributed by atoms with van der Waals surface area (Å²) in [6.07, 6.45) is 19.3. The predicted molar refractivity (Wildman–Crippen MR) is 144 cm³/mol. The van der Waals surface area contributed by atoms with E-state index >= 15 is 0 Å². The van der Waals surface area contributed by atoms with Crippen molar-refractivity contribution in [3.05, 3.63) is 35.9 Å². The van der Waals surface area contributed by atoms with Gasteiger partial charge in [0, 0.05) is 6.42 Å². The molecule has 0 radical (unpaired) electrons. The molecule has 0 amide bonds. The van der Waals surface area contributed by atoms with Crippen LogP contribution in [-0.4, -0.2) is 48.6 Å². The van der Waals surface area contributed by atoms with Crippen molar-refractivity contribution in [1.29, 1.82) is 0 Å². The molecule has 0 aliphatic heterocycles. The first kappa shape index (κ1) is 32.1. The van der Waals surface area contributed by atoms with Gasteiger partial charge in [0.2, 0.25) is 0 Å². The molecule has 0 spiro atoms. The Morgan fingerprint density at radius 3 is 1.58 bits per heavy atom. The Bertz CT molecular complexity index is 671. The van der Waals surface area contributed by atoms with Crippen LogP contribution in [0.3, 0.4) is 0 Å². The van der Waals surface area contributed by atoms with E-state index in [1.165, 1.54) is 77.0 Å². The van der Waals surface area contributed by atoms with Crippen molar-refractivity contribution in [3.8, 4) is 0 Å². The van der Waals surface area contributed by atoms with E-state index in [4.69, 9.17) is 9.47 Å². The maximum atomic E-state index is 12.1. The van der Waals surface area contributed by atoms with Crippen LogP contribution in [0, 0.1) is 5.41 Å². The Balaban J connectivity index is 2.05. The molecule has 1 aromatic rings. The van der Waals surface area contributed by atoms with Gasteiger partial charge in [-0.3, -0.25) is 4.79 Å². The zero-order valence-electron chi connectivity index (χ0n) is 22.6. The van der Waals surface area contributed by atoms with Gasteiger partial charge in [-0.1, -0.05) is 115 Å². The number of aliphatic hydroxyl groups excluding tert-OH is 2. The van der Waals surface area contributed by atoms with E-state index in [0.29, 0.717) is 12.0 Å². The second-order valence-electron chi connectivity index (χ2n) is 10.1. The lowest BCUT2D eigenvalue weighted by molar-refractivity contribution is -0.151. The highest BCUT2D eigenvalue weighted by molar-refractivity contribution is 5.89. The molecule has 0 saturated heterocycles. The summed E-state index contributed by atoms with van der Waals surface area (Å²) in [5, 5.41) is 19.5. The third-order valence-corrected chi connectivity index (χ3v) is 6.71. The normalized spacial score (nSPS) is 11.4. The summed E-state index contributed by atoms with van der Waals surface area (Å²) in [5.74, 6) is -0.906. The molecule has 0 unspecified atom stereocenters. The van der Waals surface area contributed by atoms with E-state index in [0.717, 1.165) is 19.3 Å². The van der Waals surface area contributed by atoms with Crippen LogP contribution in [0.1, 0.15) is 120 Å². The summed E-state index contributed by atoms with van der Waals surface area (Å²) < 4.78 is 10.5.